The van der Waals surface area contributed by atoms with E-state index in [0.717, 1.165) is 5.56 Å². The van der Waals surface area contributed by atoms with E-state index >= 15 is 0 Å². The maximum absolute atomic E-state index is 11.9. The largest absolute Gasteiger partial charge is 0.352 e. The lowest BCUT2D eigenvalue weighted by molar-refractivity contribution is 0.0954. The summed E-state index contributed by atoms with van der Waals surface area (Å²) in [6.45, 7) is 0.450. The number of halogens is 3. The molecule has 1 aromatic heterocycles. The molecule has 0 aliphatic heterocycles. The first-order valence-electron chi connectivity index (χ1n) is 5.88. The molecule has 0 saturated heterocycles. The highest BCUT2D eigenvalue weighted by molar-refractivity contribution is 6.35. The molecule has 4 nitrogen and oxygen atoms in total. The van der Waals surface area contributed by atoms with E-state index in [1.807, 2.05) is 6.07 Å². The molecule has 0 atom stereocenters. The molecule has 106 valence electrons. The maximum atomic E-state index is 11.9. The molecule has 1 heterocycles. The summed E-state index contributed by atoms with van der Waals surface area (Å²) in [5, 5.41) is 8.18. The lowest BCUT2D eigenvalue weighted by atomic mass is 10.1. The zero-order valence-corrected chi connectivity index (χ0v) is 12.9. The molecule has 2 rings (SSSR count). The van der Waals surface area contributed by atoms with Crippen LogP contribution in [-0.4, -0.2) is 22.2 Å². The smallest absolute Gasteiger partial charge is 0.256 e. The van der Waals surface area contributed by atoms with Gasteiger partial charge in [0.15, 0.2) is 0 Å². The van der Waals surface area contributed by atoms with Crippen molar-refractivity contribution < 1.29 is 4.79 Å². The van der Waals surface area contributed by atoms with Gasteiger partial charge in [-0.05, 0) is 24.1 Å². The van der Waals surface area contributed by atoms with Crippen molar-refractivity contribution in [2.24, 2.45) is 7.05 Å². The molecule has 1 aromatic carbocycles. The van der Waals surface area contributed by atoms with Crippen molar-refractivity contribution in [3.8, 4) is 0 Å². The second-order valence-corrected chi connectivity index (χ2v) is 5.42. The predicted molar refractivity (Wildman–Crippen MR) is 80.7 cm³/mol. The molecule has 7 heteroatoms. The number of rotatable bonds is 4. The zero-order valence-electron chi connectivity index (χ0n) is 10.7. The lowest BCUT2D eigenvalue weighted by Gasteiger charge is -2.06. The Kier molecular flexibility index (Phi) is 4.91. The third kappa shape index (κ3) is 3.45. The molecule has 1 N–H and O–H groups in total. The van der Waals surface area contributed by atoms with Crippen molar-refractivity contribution >= 4 is 40.7 Å². The Hall–Kier alpha value is -1.23. The number of nitrogens with zero attached hydrogens (tertiary/aromatic N) is 2. The van der Waals surface area contributed by atoms with Crippen LogP contribution in [0.3, 0.4) is 0 Å². The molecule has 0 radical (unpaired) electrons. The third-order valence-electron chi connectivity index (χ3n) is 2.81. The molecule has 2 aromatic rings. The minimum Gasteiger partial charge on any atom is -0.352 e. The number of hydrogen-bond donors (Lipinski definition) is 1. The molecule has 0 saturated carbocycles. The monoisotopic (exact) mass is 331 g/mol. The van der Waals surface area contributed by atoms with E-state index in [1.54, 1.807) is 19.2 Å². The van der Waals surface area contributed by atoms with Gasteiger partial charge in [-0.1, -0.05) is 40.9 Å². The summed E-state index contributed by atoms with van der Waals surface area (Å²) in [7, 11) is 1.67. The van der Waals surface area contributed by atoms with Crippen LogP contribution in [0.25, 0.3) is 0 Å². The van der Waals surface area contributed by atoms with Gasteiger partial charge in [-0.3, -0.25) is 9.48 Å². The van der Waals surface area contributed by atoms with Crippen LogP contribution in [0.15, 0.2) is 24.4 Å². The Morgan fingerprint density at radius 3 is 2.70 bits per heavy atom. The van der Waals surface area contributed by atoms with Crippen molar-refractivity contribution in [3.05, 3.63) is 50.7 Å². The van der Waals surface area contributed by atoms with Gasteiger partial charge >= 0.3 is 0 Å². The van der Waals surface area contributed by atoms with Gasteiger partial charge in [-0.15, -0.1) is 0 Å². The fourth-order valence-electron chi connectivity index (χ4n) is 1.71. The number of aryl methyl sites for hydroxylation is 1. The first kappa shape index (κ1) is 15.2. The SMILES string of the molecule is Cn1ncc(C(=O)NCCc2ccc(Cl)cc2Cl)c1Cl. The molecular formula is C13H12Cl3N3O. The summed E-state index contributed by atoms with van der Waals surface area (Å²) >= 11 is 17.8. The highest BCUT2D eigenvalue weighted by Gasteiger charge is 2.13. The Morgan fingerprint density at radius 2 is 2.10 bits per heavy atom. The number of aromatic nitrogens is 2. The van der Waals surface area contributed by atoms with Crippen LogP contribution in [0.4, 0.5) is 0 Å². The number of nitrogens with one attached hydrogen (secondary N) is 1. The summed E-state index contributed by atoms with van der Waals surface area (Å²) in [5.74, 6) is -0.256. The van der Waals surface area contributed by atoms with E-state index in [9.17, 15) is 4.79 Å². The van der Waals surface area contributed by atoms with Crippen molar-refractivity contribution in [1.82, 2.24) is 15.1 Å². The molecule has 0 unspecified atom stereocenters. The summed E-state index contributed by atoms with van der Waals surface area (Å²) in [4.78, 5) is 11.9. The normalized spacial score (nSPS) is 10.6. The Morgan fingerprint density at radius 1 is 1.35 bits per heavy atom. The highest BCUT2D eigenvalue weighted by Crippen LogP contribution is 2.21. The van der Waals surface area contributed by atoms with Crippen molar-refractivity contribution in [3.63, 3.8) is 0 Å². The minimum absolute atomic E-state index is 0.256. The number of hydrogen-bond acceptors (Lipinski definition) is 2. The van der Waals surface area contributed by atoms with Crippen molar-refractivity contribution in [2.75, 3.05) is 6.54 Å². The maximum Gasteiger partial charge on any atom is 0.256 e. The summed E-state index contributed by atoms with van der Waals surface area (Å²) in [5.41, 5.74) is 1.28. The molecule has 0 aliphatic rings. The summed E-state index contributed by atoms with van der Waals surface area (Å²) in [6, 6.07) is 5.29. The van der Waals surface area contributed by atoms with Crippen LogP contribution in [-0.2, 0) is 13.5 Å². The molecular weight excluding hydrogens is 321 g/mol. The molecule has 0 fully saturated rings. The Bertz CT molecular complexity index is 640. The number of carbonyl (C=O) groups is 1. The van der Waals surface area contributed by atoms with Crippen LogP contribution >= 0.6 is 34.8 Å². The quantitative estimate of drug-likeness (QED) is 0.933. The van der Waals surface area contributed by atoms with Crippen LogP contribution < -0.4 is 5.32 Å². The van der Waals surface area contributed by atoms with Gasteiger partial charge in [0.05, 0.1) is 11.8 Å². The summed E-state index contributed by atoms with van der Waals surface area (Å²) in [6.07, 6.45) is 2.05. The Balaban J connectivity index is 1.93. The van der Waals surface area contributed by atoms with E-state index in [0.29, 0.717) is 33.7 Å². The van der Waals surface area contributed by atoms with Gasteiger partial charge in [0.25, 0.3) is 5.91 Å². The van der Waals surface area contributed by atoms with Crippen molar-refractivity contribution in [2.45, 2.75) is 6.42 Å². The summed E-state index contributed by atoms with van der Waals surface area (Å²) < 4.78 is 1.44. The van der Waals surface area contributed by atoms with Gasteiger partial charge < -0.3 is 5.32 Å². The average Bonchev–Trinajstić information content (AvgIpc) is 2.72. The predicted octanol–water partition coefficient (Wildman–Crippen LogP) is 3.35. The number of benzene rings is 1. The first-order valence-corrected chi connectivity index (χ1v) is 7.02. The molecule has 1 amide bonds. The topological polar surface area (TPSA) is 46.9 Å². The van der Waals surface area contributed by atoms with Crippen LogP contribution in [0, 0.1) is 0 Å². The van der Waals surface area contributed by atoms with Crippen LogP contribution in [0.2, 0.25) is 15.2 Å². The van der Waals surface area contributed by atoms with Crippen LogP contribution in [0.1, 0.15) is 15.9 Å². The van der Waals surface area contributed by atoms with Gasteiger partial charge in [0, 0.05) is 23.6 Å². The van der Waals surface area contributed by atoms with E-state index in [2.05, 4.69) is 10.4 Å². The first-order chi connectivity index (χ1) is 9.49. The lowest BCUT2D eigenvalue weighted by Crippen LogP contribution is -2.25. The average molecular weight is 333 g/mol. The van der Waals surface area contributed by atoms with Crippen LogP contribution in [0.5, 0.6) is 0 Å². The number of amides is 1. The van der Waals surface area contributed by atoms with E-state index in [-0.39, 0.29) is 5.91 Å². The molecule has 0 bridgehead atoms. The van der Waals surface area contributed by atoms with E-state index in [4.69, 9.17) is 34.8 Å². The van der Waals surface area contributed by atoms with Gasteiger partial charge in [0.1, 0.15) is 5.15 Å². The molecule has 0 spiro atoms. The number of carbonyl (C=O) groups excluding carboxylic acids is 1. The van der Waals surface area contributed by atoms with Gasteiger partial charge in [-0.2, -0.15) is 5.10 Å². The third-order valence-corrected chi connectivity index (χ3v) is 3.84. The fourth-order valence-corrected chi connectivity index (χ4v) is 2.39. The minimum atomic E-state index is -0.256. The molecule has 0 aliphatic carbocycles. The molecule has 20 heavy (non-hydrogen) atoms. The van der Waals surface area contributed by atoms with Gasteiger partial charge in [0.2, 0.25) is 0 Å². The van der Waals surface area contributed by atoms with E-state index < -0.39 is 0 Å². The Labute approximate surface area is 131 Å². The highest BCUT2D eigenvalue weighted by atomic mass is 35.5. The standard InChI is InChI=1S/C13H12Cl3N3O/c1-19-12(16)10(7-18-19)13(20)17-5-4-8-2-3-9(14)6-11(8)15/h2-3,6-7H,4-5H2,1H3,(H,17,20). The van der Waals surface area contributed by atoms with Crippen molar-refractivity contribution in [1.29, 1.82) is 0 Å². The second kappa shape index (κ2) is 6.48. The second-order valence-electron chi connectivity index (χ2n) is 4.21. The zero-order chi connectivity index (χ0) is 14.7. The fraction of sp³-hybridized carbons (Fsp3) is 0.231. The van der Waals surface area contributed by atoms with E-state index in [1.165, 1.54) is 10.9 Å². The van der Waals surface area contributed by atoms with Gasteiger partial charge in [-0.25, -0.2) is 0 Å².